The maximum Gasteiger partial charge on any atom is 0.474 e. The molecular formula is C45H62ClN11O8S2. The van der Waals surface area contributed by atoms with Gasteiger partial charge in [0.25, 0.3) is 0 Å². The molecule has 2 aromatic carbocycles. The highest BCUT2D eigenvalue weighted by Gasteiger charge is 2.28. The van der Waals surface area contributed by atoms with Gasteiger partial charge in [0, 0.05) is 81.3 Å². The summed E-state index contributed by atoms with van der Waals surface area (Å²) in [5.74, 6) is 0. The summed E-state index contributed by atoms with van der Waals surface area (Å²) in [5, 5.41) is 27.0. The molecule has 0 unspecified atom stereocenters. The smallest absolute Gasteiger partial charge is 0.474 e. The number of nitrogens with one attached hydrogen (secondary N) is 4. The third-order valence-electron chi connectivity index (χ3n) is 9.37. The van der Waals surface area contributed by atoms with Crippen LogP contribution in [0.2, 0.25) is 0 Å². The van der Waals surface area contributed by atoms with Crippen LogP contribution in [-0.2, 0) is 34.4 Å². The summed E-state index contributed by atoms with van der Waals surface area (Å²) in [6.07, 6.45) is 5.97. The fourth-order valence-corrected chi connectivity index (χ4v) is 7.11. The molecule has 5 rings (SSSR count). The van der Waals surface area contributed by atoms with Crippen molar-refractivity contribution in [3.63, 3.8) is 0 Å². The Balaban J connectivity index is 0.000000345. The molecule has 0 spiro atoms. The van der Waals surface area contributed by atoms with Crippen molar-refractivity contribution in [3.05, 3.63) is 94.6 Å². The number of rotatable bonds is 17. The first kappa shape index (κ1) is 57.2. The summed E-state index contributed by atoms with van der Waals surface area (Å²) in [6, 6.07) is 15.7. The first-order valence-electron chi connectivity index (χ1n) is 20.8. The summed E-state index contributed by atoms with van der Waals surface area (Å²) >= 11 is 0. The number of nitrogens with zero attached hydrogens (tertiary/aromatic N) is 6. The summed E-state index contributed by atoms with van der Waals surface area (Å²) in [6.45, 7) is 16.8. The Bertz CT molecular complexity index is 2760. The molecule has 0 aliphatic carbocycles. The Kier molecular flexibility index (Phi) is 22.6. The van der Waals surface area contributed by atoms with Crippen LogP contribution in [0.25, 0.3) is 21.8 Å². The maximum atomic E-state index is 11.9. The second-order valence-electron chi connectivity index (χ2n) is 16.1. The minimum Gasteiger partial charge on any atom is -1.00 e. The summed E-state index contributed by atoms with van der Waals surface area (Å²) in [5.41, 5.74) is 14.4. The molecule has 0 bridgehead atoms. The van der Waals surface area contributed by atoms with Gasteiger partial charge in [-0.3, -0.25) is 9.97 Å². The number of halogens is 1. The van der Waals surface area contributed by atoms with Gasteiger partial charge in [0.05, 0.1) is 66.2 Å². The molecule has 67 heavy (non-hydrogen) atoms. The Morgan fingerprint density at radius 1 is 0.761 bits per heavy atom. The molecule has 0 atom stereocenters. The zero-order chi connectivity index (χ0) is 49.2. The van der Waals surface area contributed by atoms with Crippen molar-refractivity contribution in [2.24, 2.45) is 5.73 Å². The largest absolute Gasteiger partial charge is 1.00 e. The van der Waals surface area contributed by atoms with Gasteiger partial charge in [-0.25, -0.2) is 17.9 Å². The van der Waals surface area contributed by atoms with Crippen LogP contribution in [0, 0.1) is 50.4 Å². The SMILES string of the molecule is CN(C)c1cc[n+](S(=O)(=O)NC(=O)OC(C)(C)C)cc1.Cc1cc2ncc(C#N)c(NCCOCCN)c2cc1C.Cc1cc2ncc(C#N)c(NCCOCCNS(C)(=O)=O)c2cc1C.[Cl-]. The number of benzene rings is 2. The van der Waals surface area contributed by atoms with Crippen molar-refractivity contribution in [1.29, 1.82) is 10.5 Å². The molecule has 0 aliphatic rings. The van der Waals surface area contributed by atoms with Gasteiger partial charge in [0.2, 0.25) is 10.0 Å². The van der Waals surface area contributed by atoms with Crippen LogP contribution in [0.5, 0.6) is 0 Å². The molecule has 364 valence electrons. The number of aromatic nitrogens is 3. The van der Waals surface area contributed by atoms with Crippen LogP contribution in [0.15, 0.2) is 61.2 Å². The van der Waals surface area contributed by atoms with Crippen molar-refractivity contribution < 1.29 is 52.2 Å². The fraction of sp³-hybridized carbons (Fsp3) is 0.422. The van der Waals surface area contributed by atoms with Gasteiger partial charge >= 0.3 is 16.3 Å². The Hall–Kier alpha value is -5.91. The maximum absolute atomic E-state index is 11.9. The fourth-order valence-electron chi connectivity index (χ4n) is 5.86. The topological polar surface area (TPSA) is 268 Å². The van der Waals surface area contributed by atoms with E-state index in [9.17, 15) is 32.2 Å². The summed E-state index contributed by atoms with van der Waals surface area (Å²) < 4.78 is 66.5. The predicted molar refractivity (Wildman–Crippen MR) is 257 cm³/mol. The highest BCUT2D eigenvalue weighted by atomic mass is 35.5. The van der Waals surface area contributed by atoms with E-state index in [0.29, 0.717) is 50.6 Å². The number of nitriles is 2. The van der Waals surface area contributed by atoms with E-state index in [4.69, 9.17) is 19.9 Å². The monoisotopic (exact) mass is 983 g/mol. The van der Waals surface area contributed by atoms with Crippen LogP contribution in [0.4, 0.5) is 21.9 Å². The Morgan fingerprint density at radius 3 is 1.60 bits per heavy atom. The molecule has 1 amide bonds. The molecule has 19 nitrogen and oxygen atoms in total. The predicted octanol–water partition coefficient (Wildman–Crippen LogP) is 1.47. The molecule has 3 heterocycles. The quantitative estimate of drug-likeness (QED) is 0.0652. The minimum absolute atomic E-state index is 0. The lowest BCUT2D eigenvalue weighted by Gasteiger charge is -2.18. The number of pyridine rings is 3. The van der Waals surface area contributed by atoms with Gasteiger partial charge in [-0.15, -0.1) is 8.42 Å². The van der Waals surface area contributed by atoms with Gasteiger partial charge in [0.15, 0.2) is 12.4 Å². The standard InChI is InChI=1S/C17H22N4O3S.C16H20N4O.C12H19N3O4S.ClH/c1-12-8-15-16(9-13(12)2)20-11-14(10-18)17(15)19-4-6-24-7-5-21-25(3,22)23;1-11-7-14-15(8-12(11)2)20-10-13(9-18)16(14)19-4-6-21-5-3-17;1-12(2,3)19-11(16)13-20(17,18)15-8-6-10(7-9-15)14(4)5;/h8-9,11,21H,4-7H2,1-3H3,(H,19,20);7-8,10H,3-6,17H2,1-2H3,(H,19,20);6-9H,1-5H3;1H. The van der Waals surface area contributed by atoms with E-state index < -0.39 is 31.9 Å². The number of fused-ring (bicyclic) bond motifs is 2. The van der Waals surface area contributed by atoms with E-state index in [1.54, 1.807) is 45.3 Å². The summed E-state index contributed by atoms with van der Waals surface area (Å²) in [4.78, 5) is 22.0. The van der Waals surface area contributed by atoms with E-state index in [1.165, 1.54) is 23.5 Å². The average molecular weight is 985 g/mol. The van der Waals surface area contributed by atoms with Gasteiger partial charge < -0.3 is 47.9 Å². The third-order valence-corrected chi connectivity index (χ3v) is 11.3. The lowest BCUT2D eigenvalue weighted by Crippen LogP contribution is -3.00. The Labute approximate surface area is 400 Å². The second-order valence-corrected chi connectivity index (χ2v) is 19.6. The molecule has 0 aliphatic heterocycles. The second kappa shape index (κ2) is 26.4. The third kappa shape index (κ3) is 18.7. The molecule has 6 N–H and O–H groups in total. The van der Waals surface area contributed by atoms with Crippen molar-refractivity contribution in [2.75, 3.05) is 88.5 Å². The number of hydrogen-bond acceptors (Lipinski definition) is 16. The number of amides is 1. The molecular weight excluding hydrogens is 922 g/mol. The van der Waals surface area contributed by atoms with E-state index in [-0.39, 0.29) is 25.6 Å². The lowest BCUT2D eigenvalue weighted by molar-refractivity contribution is -0.512. The first-order valence-corrected chi connectivity index (χ1v) is 24.2. The van der Waals surface area contributed by atoms with Gasteiger partial charge in [-0.1, -0.05) is 3.97 Å². The van der Waals surface area contributed by atoms with Gasteiger partial charge in [0.1, 0.15) is 17.7 Å². The first-order chi connectivity index (χ1) is 31.0. The molecule has 0 radical (unpaired) electrons. The van der Waals surface area contributed by atoms with Crippen LogP contribution in [-0.4, -0.2) is 111 Å². The molecule has 0 saturated carbocycles. The van der Waals surface area contributed by atoms with Crippen molar-refractivity contribution >= 4 is 65.2 Å². The zero-order valence-electron chi connectivity index (χ0n) is 39.7. The molecule has 0 fully saturated rings. The summed E-state index contributed by atoms with van der Waals surface area (Å²) in [7, 11) is -3.51. The minimum atomic E-state index is -4.00. The number of hydrogen-bond donors (Lipinski definition) is 5. The normalized spacial score (nSPS) is 11.1. The number of aryl methyl sites for hydroxylation is 4. The number of carbonyl (C=O) groups is 1. The molecule has 3 aromatic heterocycles. The molecule has 0 saturated heterocycles. The number of sulfonamides is 1. The van der Waals surface area contributed by atoms with E-state index in [1.807, 2.05) is 55.8 Å². The lowest BCUT2D eigenvalue weighted by atomic mass is 10.0. The van der Waals surface area contributed by atoms with Crippen molar-refractivity contribution in [2.45, 2.75) is 54.1 Å². The average Bonchev–Trinajstić information content (AvgIpc) is 3.23. The van der Waals surface area contributed by atoms with Crippen molar-refractivity contribution in [1.82, 2.24) is 19.4 Å². The Morgan fingerprint density at radius 2 is 1.19 bits per heavy atom. The number of nitrogens with two attached hydrogens (primary N) is 1. The van der Waals surface area contributed by atoms with E-state index in [0.717, 1.165) is 60.2 Å². The van der Waals surface area contributed by atoms with Crippen LogP contribution < -0.4 is 47.1 Å². The number of ether oxygens (including phenoxy) is 3. The van der Waals surface area contributed by atoms with E-state index in [2.05, 4.69) is 57.4 Å². The van der Waals surface area contributed by atoms with Gasteiger partial charge in [-0.05, 0) is 95.0 Å². The van der Waals surface area contributed by atoms with Crippen LogP contribution in [0.3, 0.4) is 0 Å². The number of carbonyl (C=O) groups excluding carboxylic acids is 1. The molecule has 5 aromatic rings. The zero-order valence-corrected chi connectivity index (χ0v) is 42.0. The van der Waals surface area contributed by atoms with Gasteiger partial charge in [-0.2, -0.15) is 15.2 Å². The van der Waals surface area contributed by atoms with E-state index >= 15 is 0 Å². The van der Waals surface area contributed by atoms with Crippen molar-refractivity contribution in [3.8, 4) is 12.1 Å². The molecule has 22 heteroatoms. The highest BCUT2D eigenvalue weighted by molar-refractivity contribution is 7.88. The highest BCUT2D eigenvalue weighted by Crippen LogP contribution is 2.29. The van der Waals surface area contributed by atoms with Crippen LogP contribution >= 0.6 is 0 Å². The number of anilines is 3. The van der Waals surface area contributed by atoms with Crippen LogP contribution in [0.1, 0.15) is 54.2 Å².